The van der Waals surface area contributed by atoms with Gasteiger partial charge in [0.25, 0.3) is 0 Å². The molecule has 0 heterocycles. The Kier molecular flexibility index (Phi) is 4.81. The van der Waals surface area contributed by atoms with Gasteiger partial charge in [0.2, 0.25) is 5.91 Å². The molecule has 4 nitrogen and oxygen atoms in total. The predicted molar refractivity (Wildman–Crippen MR) is 75.2 cm³/mol. The van der Waals surface area contributed by atoms with Gasteiger partial charge in [-0.1, -0.05) is 26.8 Å². The van der Waals surface area contributed by atoms with Crippen molar-refractivity contribution in [3.63, 3.8) is 0 Å². The van der Waals surface area contributed by atoms with Crippen molar-refractivity contribution in [2.45, 2.75) is 33.6 Å². The summed E-state index contributed by atoms with van der Waals surface area (Å²) in [5.74, 6) is -0.126. The molecule has 0 bridgehead atoms. The van der Waals surface area contributed by atoms with Gasteiger partial charge in [-0.15, -0.1) is 0 Å². The zero-order valence-corrected chi connectivity index (χ0v) is 12.1. The summed E-state index contributed by atoms with van der Waals surface area (Å²) >= 11 is 0. The average Bonchev–Trinajstić information content (AvgIpc) is 2.38. The Morgan fingerprint density at radius 2 is 1.89 bits per heavy atom. The lowest BCUT2D eigenvalue weighted by atomic mass is 9.88. The first-order valence-corrected chi connectivity index (χ1v) is 6.54. The van der Waals surface area contributed by atoms with E-state index in [9.17, 15) is 15.0 Å². The maximum atomic E-state index is 12.2. The van der Waals surface area contributed by atoms with Crippen LogP contribution in [-0.2, 0) is 11.2 Å². The second kappa shape index (κ2) is 5.95. The molecule has 0 aliphatic carbocycles. The van der Waals surface area contributed by atoms with Gasteiger partial charge in [-0.05, 0) is 30.5 Å². The number of amides is 1. The molecule has 0 saturated heterocycles. The van der Waals surface area contributed by atoms with E-state index >= 15 is 0 Å². The predicted octanol–water partition coefficient (Wildman–Crippen LogP) is 2.53. The smallest absolute Gasteiger partial charge is 0.227 e. The Morgan fingerprint density at radius 3 is 2.42 bits per heavy atom. The minimum atomic E-state index is -0.341. The van der Waals surface area contributed by atoms with Gasteiger partial charge in [0.15, 0.2) is 11.5 Å². The Morgan fingerprint density at radius 1 is 1.26 bits per heavy atom. The van der Waals surface area contributed by atoms with Gasteiger partial charge in [-0.3, -0.25) is 4.79 Å². The molecule has 1 amide bonds. The molecule has 0 aromatic heterocycles. The molecule has 0 saturated carbocycles. The van der Waals surface area contributed by atoms with E-state index in [2.05, 4.69) is 0 Å². The van der Waals surface area contributed by atoms with Crippen molar-refractivity contribution in [2.75, 3.05) is 13.6 Å². The lowest BCUT2D eigenvalue weighted by Crippen LogP contribution is -2.39. The molecule has 2 N–H and O–H groups in total. The van der Waals surface area contributed by atoms with Crippen LogP contribution in [0.5, 0.6) is 11.5 Å². The fraction of sp³-hybridized carbons (Fsp3) is 0.533. The number of benzene rings is 1. The molecule has 0 aliphatic rings. The van der Waals surface area contributed by atoms with Crippen molar-refractivity contribution in [1.82, 2.24) is 4.90 Å². The normalized spacial score (nSPS) is 11.4. The molecule has 1 aromatic rings. The Hall–Kier alpha value is -1.71. The summed E-state index contributed by atoms with van der Waals surface area (Å²) in [4.78, 5) is 13.9. The number of hydrogen-bond acceptors (Lipinski definition) is 3. The number of rotatable bonds is 5. The van der Waals surface area contributed by atoms with E-state index in [-0.39, 0.29) is 22.8 Å². The lowest BCUT2D eigenvalue weighted by molar-refractivity contribution is -0.139. The fourth-order valence-electron chi connectivity index (χ4n) is 1.79. The Balaban J connectivity index is 2.61. The van der Waals surface area contributed by atoms with Gasteiger partial charge in [0.1, 0.15) is 0 Å². The molecule has 0 unspecified atom stereocenters. The van der Waals surface area contributed by atoms with E-state index < -0.39 is 0 Å². The zero-order chi connectivity index (χ0) is 14.6. The average molecular weight is 265 g/mol. The first kappa shape index (κ1) is 15.3. The van der Waals surface area contributed by atoms with E-state index in [1.807, 2.05) is 20.8 Å². The quantitative estimate of drug-likeness (QED) is 0.804. The summed E-state index contributed by atoms with van der Waals surface area (Å²) < 4.78 is 0. The molecule has 0 aliphatic heterocycles. The van der Waals surface area contributed by atoms with E-state index in [4.69, 9.17) is 0 Å². The van der Waals surface area contributed by atoms with Crippen molar-refractivity contribution in [3.8, 4) is 11.5 Å². The summed E-state index contributed by atoms with van der Waals surface area (Å²) in [6.45, 7) is 6.48. The van der Waals surface area contributed by atoms with E-state index in [0.717, 1.165) is 12.0 Å². The molecule has 1 rings (SSSR count). The second-order valence-corrected chi connectivity index (χ2v) is 5.54. The second-order valence-electron chi connectivity index (χ2n) is 5.54. The Bertz CT molecular complexity index is 455. The van der Waals surface area contributed by atoms with Crippen LogP contribution in [0.2, 0.25) is 0 Å². The Labute approximate surface area is 114 Å². The largest absolute Gasteiger partial charge is 0.504 e. The fourth-order valence-corrected chi connectivity index (χ4v) is 1.79. The summed E-state index contributed by atoms with van der Waals surface area (Å²) in [6.07, 6.45) is 1.45. The van der Waals surface area contributed by atoms with Gasteiger partial charge in [0.05, 0.1) is 0 Å². The molecular formula is C15H23NO3. The number of likely N-dealkylation sites (N-methyl/N-ethyl adjacent to an activating group) is 1. The van der Waals surface area contributed by atoms with E-state index in [1.165, 1.54) is 12.1 Å². The molecule has 4 heteroatoms. The van der Waals surface area contributed by atoms with Gasteiger partial charge < -0.3 is 15.1 Å². The van der Waals surface area contributed by atoms with Gasteiger partial charge in [0, 0.05) is 19.0 Å². The molecular weight excluding hydrogens is 242 g/mol. The topological polar surface area (TPSA) is 60.8 Å². The minimum absolute atomic E-state index is 0.123. The highest BCUT2D eigenvalue weighted by Gasteiger charge is 2.28. The zero-order valence-electron chi connectivity index (χ0n) is 12.1. The highest BCUT2D eigenvalue weighted by Crippen LogP contribution is 2.26. The summed E-state index contributed by atoms with van der Waals surface area (Å²) in [5.41, 5.74) is 0.551. The number of carbonyl (C=O) groups excluding carboxylic acids is 1. The maximum absolute atomic E-state index is 12.2. The number of hydrogen-bond donors (Lipinski definition) is 2. The first-order chi connectivity index (χ1) is 8.77. The number of phenolic OH excluding ortho intramolecular Hbond substituents is 2. The van der Waals surface area contributed by atoms with E-state index in [1.54, 1.807) is 18.0 Å². The minimum Gasteiger partial charge on any atom is -0.504 e. The summed E-state index contributed by atoms with van der Waals surface area (Å²) in [6, 6.07) is 4.74. The molecule has 0 atom stereocenters. The molecule has 19 heavy (non-hydrogen) atoms. The van der Waals surface area contributed by atoms with Crippen LogP contribution >= 0.6 is 0 Å². The van der Waals surface area contributed by atoms with Crippen LogP contribution in [0.15, 0.2) is 18.2 Å². The molecule has 0 fully saturated rings. The van der Waals surface area contributed by atoms with Crippen molar-refractivity contribution in [1.29, 1.82) is 0 Å². The first-order valence-electron chi connectivity index (χ1n) is 6.54. The number of nitrogens with zero attached hydrogens (tertiary/aromatic N) is 1. The van der Waals surface area contributed by atoms with Crippen molar-refractivity contribution in [3.05, 3.63) is 23.8 Å². The molecule has 0 radical (unpaired) electrons. The third kappa shape index (κ3) is 3.88. The van der Waals surface area contributed by atoms with Crippen LogP contribution in [0, 0.1) is 5.41 Å². The van der Waals surface area contributed by atoms with Crippen molar-refractivity contribution in [2.24, 2.45) is 5.41 Å². The van der Waals surface area contributed by atoms with Crippen LogP contribution in [0.25, 0.3) is 0 Å². The molecule has 1 aromatic carbocycles. The lowest BCUT2D eigenvalue weighted by Gasteiger charge is -2.28. The number of carbonyl (C=O) groups is 1. The number of aromatic hydroxyl groups is 2. The van der Waals surface area contributed by atoms with Crippen molar-refractivity contribution < 1.29 is 15.0 Å². The van der Waals surface area contributed by atoms with Crippen LogP contribution in [0.1, 0.15) is 32.8 Å². The maximum Gasteiger partial charge on any atom is 0.227 e. The molecule has 106 valence electrons. The van der Waals surface area contributed by atoms with Crippen LogP contribution in [0.3, 0.4) is 0 Å². The van der Waals surface area contributed by atoms with Crippen LogP contribution in [0.4, 0.5) is 0 Å². The number of phenols is 2. The van der Waals surface area contributed by atoms with E-state index in [0.29, 0.717) is 13.0 Å². The van der Waals surface area contributed by atoms with Crippen LogP contribution in [-0.4, -0.2) is 34.6 Å². The van der Waals surface area contributed by atoms with Gasteiger partial charge in [-0.2, -0.15) is 0 Å². The highest BCUT2D eigenvalue weighted by atomic mass is 16.3. The third-order valence-electron chi connectivity index (χ3n) is 3.59. The SMILES string of the molecule is CCC(C)(C)C(=O)N(C)CCc1ccc(O)c(O)c1. The van der Waals surface area contributed by atoms with Gasteiger partial charge >= 0.3 is 0 Å². The van der Waals surface area contributed by atoms with Crippen LogP contribution < -0.4 is 0 Å². The monoisotopic (exact) mass is 265 g/mol. The standard InChI is InChI=1S/C15H23NO3/c1-5-15(2,3)14(19)16(4)9-8-11-6-7-12(17)13(18)10-11/h6-7,10,17-18H,5,8-9H2,1-4H3. The highest BCUT2D eigenvalue weighted by molar-refractivity contribution is 5.81. The molecule has 0 spiro atoms. The van der Waals surface area contributed by atoms with Crippen molar-refractivity contribution >= 4 is 5.91 Å². The third-order valence-corrected chi connectivity index (χ3v) is 3.59. The van der Waals surface area contributed by atoms with Gasteiger partial charge in [-0.25, -0.2) is 0 Å². The summed E-state index contributed by atoms with van der Waals surface area (Å²) in [5, 5.41) is 18.6. The summed E-state index contributed by atoms with van der Waals surface area (Å²) in [7, 11) is 1.79.